The molecular formula is C9H10Br2N2O. The van der Waals surface area contributed by atoms with E-state index in [0.717, 1.165) is 14.6 Å². The molecule has 1 amide bonds. The highest BCUT2D eigenvalue weighted by Crippen LogP contribution is 2.31. The van der Waals surface area contributed by atoms with E-state index in [1.807, 2.05) is 0 Å². The lowest BCUT2D eigenvalue weighted by atomic mass is 10.3. The van der Waals surface area contributed by atoms with Crippen LogP contribution >= 0.6 is 31.9 Å². The Kier molecular flexibility index (Phi) is 3.95. The van der Waals surface area contributed by atoms with E-state index >= 15 is 0 Å². The SMILES string of the molecule is CCC(=O)Nc1cc(Br)c(N)c(Br)c1. The van der Waals surface area contributed by atoms with Crippen molar-refractivity contribution in [3.05, 3.63) is 21.1 Å². The molecule has 0 radical (unpaired) electrons. The van der Waals surface area contributed by atoms with Crippen LogP contribution in [0.3, 0.4) is 0 Å². The zero-order valence-electron chi connectivity index (χ0n) is 7.60. The first-order valence-electron chi connectivity index (χ1n) is 4.09. The fourth-order valence-electron chi connectivity index (χ4n) is 0.906. The van der Waals surface area contributed by atoms with Crippen molar-refractivity contribution in [2.75, 3.05) is 11.1 Å². The van der Waals surface area contributed by atoms with Crippen molar-refractivity contribution in [1.29, 1.82) is 0 Å². The van der Waals surface area contributed by atoms with Crippen molar-refractivity contribution < 1.29 is 4.79 Å². The Morgan fingerprint density at radius 3 is 2.36 bits per heavy atom. The van der Waals surface area contributed by atoms with Gasteiger partial charge in [0.2, 0.25) is 5.91 Å². The number of hydrogen-bond donors (Lipinski definition) is 2. The smallest absolute Gasteiger partial charge is 0.224 e. The number of benzene rings is 1. The minimum Gasteiger partial charge on any atom is -0.397 e. The zero-order chi connectivity index (χ0) is 10.7. The molecular weight excluding hydrogens is 312 g/mol. The second kappa shape index (κ2) is 4.79. The van der Waals surface area contributed by atoms with Crippen LogP contribution < -0.4 is 11.1 Å². The van der Waals surface area contributed by atoms with Gasteiger partial charge in [0.05, 0.1) is 5.69 Å². The van der Waals surface area contributed by atoms with Crippen LogP contribution in [0, 0.1) is 0 Å². The molecule has 3 nitrogen and oxygen atoms in total. The Morgan fingerprint density at radius 1 is 1.43 bits per heavy atom. The first-order valence-corrected chi connectivity index (χ1v) is 5.67. The number of nitrogens with two attached hydrogens (primary N) is 1. The standard InChI is InChI=1S/C9H10Br2N2O/c1-2-8(14)13-5-3-6(10)9(12)7(11)4-5/h3-4H,2,12H2,1H3,(H,13,14). The zero-order valence-corrected chi connectivity index (χ0v) is 10.8. The lowest BCUT2D eigenvalue weighted by Gasteiger charge is -2.07. The Bertz CT molecular complexity index is 343. The fraction of sp³-hybridized carbons (Fsp3) is 0.222. The maximum absolute atomic E-state index is 11.1. The first-order chi connectivity index (χ1) is 6.54. The highest BCUT2D eigenvalue weighted by molar-refractivity contribution is 9.11. The molecule has 0 saturated heterocycles. The number of amides is 1. The van der Waals surface area contributed by atoms with E-state index in [2.05, 4.69) is 37.2 Å². The van der Waals surface area contributed by atoms with Gasteiger partial charge in [-0.05, 0) is 44.0 Å². The summed E-state index contributed by atoms with van der Waals surface area (Å²) in [6.45, 7) is 1.80. The topological polar surface area (TPSA) is 55.1 Å². The third-order valence-electron chi connectivity index (χ3n) is 1.68. The Balaban J connectivity index is 2.95. The van der Waals surface area contributed by atoms with Gasteiger partial charge in [0.15, 0.2) is 0 Å². The molecule has 76 valence electrons. The van der Waals surface area contributed by atoms with Crippen molar-refractivity contribution >= 4 is 49.1 Å². The van der Waals surface area contributed by atoms with Crippen LogP contribution in [0.15, 0.2) is 21.1 Å². The molecule has 0 heterocycles. The predicted molar refractivity (Wildman–Crippen MR) is 65.2 cm³/mol. The number of anilines is 2. The number of carbonyl (C=O) groups is 1. The maximum Gasteiger partial charge on any atom is 0.224 e. The molecule has 0 bridgehead atoms. The Labute approximate surface area is 99.3 Å². The summed E-state index contributed by atoms with van der Waals surface area (Å²) >= 11 is 6.60. The van der Waals surface area contributed by atoms with Gasteiger partial charge in [-0.1, -0.05) is 6.92 Å². The Morgan fingerprint density at radius 2 is 1.93 bits per heavy atom. The van der Waals surface area contributed by atoms with Crippen molar-refractivity contribution in [3.63, 3.8) is 0 Å². The van der Waals surface area contributed by atoms with Crippen LogP contribution in [0.4, 0.5) is 11.4 Å². The van der Waals surface area contributed by atoms with E-state index in [-0.39, 0.29) is 5.91 Å². The molecule has 0 aliphatic rings. The molecule has 3 N–H and O–H groups in total. The number of hydrogen-bond acceptors (Lipinski definition) is 2. The summed E-state index contributed by atoms with van der Waals surface area (Å²) in [5.74, 6) is -0.0198. The van der Waals surface area contributed by atoms with Crippen molar-refractivity contribution in [1.82, 2.24) is 0 Å². The lowest BCUT2D eigenvalue weighted by molar-refractivity contribution is -0.115. The van der Waals surface area contributed by atoms with Gasteiger partial charge in [-0.3, -0.25) is 4.79 Å². The number of nitrogens with one attached hydrogen (secondary N) is 1. The van der Waals surface area contributed by atoms with Crippen molar-refractivity contribution in [3.8, 4) is 0 Å². The molecule has 0 saturated carbocycles. The summed E-state index contributed by atoms with van der Waals surface area (Å²) in [7, 11) is 0. The molecule has 0 unspecified atom stereocenters. The number of rotatable bonds is 2. The molecule has 1 aromatic rings. The summed E-state index contributed by atoms with van der Waals surface area (Å²) in [5.41, 5.74) is 7.06. The van der Waals surface area contributed by atoms with Crippen LogP contribution in [-0.4, -0.2) is 5.91 Å². The number of nitrogen functional groups attached to an aromatic ring is 1. The highest BCUT2D eigenvalue weighted by atomic mass is 79.9. The largest absolute Gasteiger partial charge is 0.397 e. The molecule has 1 rings (SSSR count). The van der Waals surface area contributed by atoms with E-state index < -0.39 is 0 Å². The maximum atomic E-state index is 11.1. The van der Waals surface area contributed by atoms with E-state index in [1.54, 1.807) is 19.1 Å². The molecule has 14 heavy (non-hydrogen) atoms. The van der Waals surface area contributed by atoms with Crippen LogP contribution in [0.5, 0.6) is 0 Å². The van der Waals surface area contributed by atoms with Crippen LogP contribution in [-0.2, 0) is 4.79 Å². The van der Waals surface area contributed by atoms with Gasteiger partial charge >= 0.3 is 0 Å². The fourth-order valence-corrected chi connectivity index (χ4v) is 2.09. The predicted octanol–water partition coefficient (Wildman–Crippen LogP) is 3.14. The molecule has 0 aromatic heterocycles. The van der Waals surface area contributed by atoms with Gasteiger partial charge in [0.25, 0.3) is 0 Å². The quantitative estimate of drug-likeness (QED) is 0.822. The molecule has 0 spiro atoms. The molecule has 0 aliphatic carbocycles. The van der Waals surface area contributed by atoms with Gasteiger partial charge in [0, 0.05) is 21.1 Å². The summed E-state index contributed by atoms with van der Waals surface area (Å²) in [6.07, 6.45) is 0.458. The Hall–Kier alpha value is -0.550. The van der Waals surface area contributed by atoms with Crippen molar-refractivity contribution in [2.45, 2.75) is 13.3 Å². The van der Waals surface area contributed by atoms with E-state index in [9.17, 15) is 4.79 Å². The van der Waals surface area contributed by atoms with Crippen LogP contribution in [0.2, 0.25) is 0 Å². The third-order valence-corrected chi connectivity index (χ3v) is 3.00. The minimum absolute atomic E-state index is 0.0198. The summed E-state index contributed by atoms with van der Waals surface area (Å²) in [5, 5.41) is 2.75. The lowest BCUT2D eigenvalue weighted by Crippen LogP contribution is -2.09. The molecule has 5 heteroatoms. The van der Waals surface area contributed by atoms with Gasteiger partial charge in [-0.2, -0.15) is 0 Å². The van der Waals surface area contributed by atoms with Crippen LogP contribution in [0.1, 0.15) is 13.3 Å². The highest BCUT2D eigenvalue weighted by Gasteiger charge is 2.05. The van der Waals surface area contributed by atoms with Gasteiger partial charge in [-0.25, -0.2) is 0 Å². The second-order valence-corrected chi connectivity index (χ2v) is 4.46. The average molecular weight is 322 g/mol. The summed E-state index contributed by atoms with van der Waals surface area (Å²) < 4.78 is 1.52. The van der Waals surface area contributed by atoms with Crippen molar-refractivity contribution in [2.24, 2.45) is 0 Å². The third kappa shape index (κ3) is 2.72. The van der Waals surface area contributed by atoms with Gasteiger partial charge in [-0.15, -0.1) is 0 Å². The van der Waals surface area contributed by atoms with Crippen LogP contribution in [0.25, 0.3) is 0 Å². The number of halogens is 2. The van der Waals surface area contributed by atoms with E-state index in [1.165, 1.54) is 0 Å². The average Bonchev–Trinajstić information content (AvgIpc) is 2.14. The monoisotopic (exact) mass is 320 g/mol. The molecule has 0 atom stereocenters. The minimum atomic E-state index is -0.0198. The number of carbonyl (C=O) groups excluding carboxylic acids is 1. The second-order valence-electron chi connectivity index (χ2n) is 2.76. The van der Waals surface area contributed by atoms with E-state index in [0.29, 0.717) is 12.1 Å². The summed E-state index contributed by atoms with van der Waals surface area (Å²) in [4.78, 5) is 11.1. The van der Waals surface area contributed by atoms with E-state index in [4.69, 9.17) is 5.73 Å². The molecule has 1 aromatic carbocycles. The summed E-state index contributed by atoms with van der Waals surface area (Å²) in [6, 6.07) is 3.54. The molecule has 0 fully saturated rings. The normalized spacial score (nSPS) is 9.93. The molecule has 0 aliphatic heterocycles. The first kappa shape index (κ1) is 11.5. The van der Waals surface area contributed by atoms with Gasteiger partial charge in [0.1, 0.15) is 0 Å². The van der Waals surface area contributed by atoms with Gasteiger partial charge < -0.3 is 11.1 Å².